The molecule has 0 spiro atoms. The number of aliphatic hydroxyl groups is 1. The molecule has 0 amide bonds. The van der Waals surface area contributed by atoms with Gasteiger partial charge in [0, 0.05) is 5.56 Å². The second-order valence-corrected chi connectivity index (χ2v) is 3.69. The molecule has 0 aliphatic carbocycles. The fraction of sp³-hybridized carbons (Fsp3) is 0.400. The van der Waals surface area contributed by atoms with Gasteiger partial charge in [-0.25, -0.2) is 0 Å². The summed E-state index contributed by atoms with van der Waals surface area (Å²) in [6, 6.07) is 7.74. The molecule has 2 heteroatoms. The first-order valence-electron chi connectivity index (χ1n) is 4.06. The van der Waals surface area contributed by atoms with Crippen molar-refractivity contribution in [1.29, 1.82) is 0 Å². The summed E-state index contributed by atoms with van der Waals surface area (Å²) in [5, 5.41) is 9.56. The zero-order valence-corrected chi connectivity index (χ0v) is 7.24. The topological polar surface area (TPSA) is 29.5 Å². The van der Waals surface area contributed by atoms with Gasteiger partial charge in [0.1, 0.15) is 5.75 Å². The van der Waals surface area contributed by atoms with Crippen molar-refractivity contribution >= 4 is 0 Å². The molecule has 0 fully saturated rings. The number of para-hydroxylation sites is 1. The van der Waals surface area contributed by atoms with Gasteiger partial charge >= 0.3 is 0 Å². The number of ether oxygens (including phenoxy) is 1. The minimum absolute atomic E-state index is 0.281. The van der Waals surface area contributed by atoms with Gasteiger partial charge in [-0.1, -0.05) is 18.2 Å². The van der Waals surface area contributed by atoms with E-state index in [-0.39, 0.29) is 5.41 Å². The molecule has 2 nitrogen and oxygen atoms in total. The minimum atomic E-state index is -0.713. The van der Waals surface area contributed by atoms with Crippen LogP contribution in [0.2, 0.25) is 0 Å². The molecule has 0 bridgehead atoms. The van der Waals surface area contributed by atoms with Crippen LogP contribution < -0.4 is 4.74 Å². The van der Waals surface area contributed by atoms with E-state index in [1.807, 2.05) is 38.1 Å². The van der Waals surface area contributed by atoms with Crippen LogP contribution >= 0.6 is 0 Å². The first-order valence-corrected chi connectivity index (χ1v) is 4.06. The van der Waals surface area contributed by atoms with Gasteiger partial charge in [0.2, 0.25) is 6.29 Å². The second-order valence-electron chi connectivity index (χ2n) is 3.69. The Morgan fingerprint density at radius 2 is 2.00 bits per heavy atom. The van der Waals surface area contributed by atoms with E-state index < -0.39 is 6.29 Å². The molecule has 1 aliphatic rings. The lowest BCUT2D eigenvalue weighted by atomic mass is 9.86. The highest BCUT2D eigenvalue weighted by atomic mass is 16.6. The van der Waals surface area contributed by atoms with Gasteiger partial charge in [-0.2, -0.15) is 0 Å². The second kappa shape index (κ2) is 2.23. The highest BCUT2D eigenvalue weighted by Crippen LogP contribution is 2.41. The van der Waals surface area contributed by atoms with Crippen LogP contribution in [-0.2, 0) is 5.41 Å². The normalized spacial score (nSPS) is 24.8. The Hall–Kier alpha value is -1.02. The van der Waals surface area contributed by atoms with Crippen LogP contribution in [0.5, 0.6) is 5.75 Å². The molecule has 1 aliphatic heterocycles. The van der Waals surface area contributed by atoms with Crippen LogP contribution in [0.3, 0.4) is 0 Å². The Morgan fingerprint density at radius 1 is 1.33 bits per heavy atom. The van der Waals surface area contributed by atoms with Crippen LogP contribution in [0.15, 0.2) is 24.3 Å². The maximum Gasteiger partial charge on any atom is 0.206 e. The molecule has 12 heavy (non-hydrogen) atoms. The van der Waals surface area contributed by atoms with Gasteiger partial charge in [0.05, 0.1) is 5.41 Å². The van der Waals surface area contributed by atoms with Crippen molar-refractivity contribution < 1.29 is 9.84 Å². The smallest absolute Gasteiger partial charge is 0.206 e. The van der Waals surface area contributed by atoms with Crippen LogP contribution in [-0.4, -0.2) is 11.4 Å². The van der Waals surface area contributed by atoms with Crippen molar-refractivity contribution in [2.45, 2.75) is 25.6 Å². The zero-order chi connectivity index (χ0) is 8.77. The number of benzene rings is 1. The van der Waals surface area contributed by atoms with Gasteiger partial charge in [-0.3, -0.25) is 0 Å². The lowest BCUT2D eigenvalue weighted by molar-refractivity contribution is -0.0450. The first-order chi connectivity index (χ1) is 5.62. The number of hydrogen-bond donors (Lipinski definition) is 1. The third kappa shape index (κ3) is 0.847. The average molecular weight is 164 g/mol. The quantitative estimate of drug-likeness (QED) is 0.632. The highest BCUT2D eigenvalue weighted by Gasteiger charge is 2.39. The molecule has 0 saturated heterocycles. The van der Waals surface area contributed by atoms with E-state index in [2.05, 4.69) is 0 Å². The standard InChI is InChI=1S/C10H12O2/c1-10(2)7-5-3-4-6-8(7)12-9(10)11/h3-6,9,11H,1-2H3. The molecule has 1 unspecified atom stereocenters. The Morgan fingerprint density at radius 3 is 2.67 bits per heavy atom. The minimum Gasteiger partial charge on any atom is -0.464 e. The molecule has 1 aromatic carbocycles. The van der Waals surface area contributed by atoms with E-state index in [4.69, 9.17) is 4.74 Å². The monoisotopic (exact) mass is 164 g/mol. The first kappa shape index (κ1) is 7.62. The Balaban J connectivity index is 2.55. The van der Waals surface area contributed by atoms with Crippen molar-refractivity contribution in [3.05, 3.63) is 29.8 Å². The zero-order valence-electron chi connectivity index (χ0n) is 7.24. The molecule has 0 aromatic heterocycles. The van der Waals surface area contributed by atoms with E-state index >= 15 is 0 Å². The third-order valence-corrected chi connectivity index (χ3v) is 2.44. The summed E-state index contributed by atoms with van der Waals surface area (Å²) in [4.78, 5) is 0. The summed E-state index contributed by atoms with van der Waals surface area (Å²) in [5.74, 6) is 0.801. The maximum atomic E-state index is 9.56. The van der Waals surface area contributed by atoms with Crippen molar-refractivity contribution in [3.8, 4) is 5.75 Å². The number of aliphatic hydroxyl groups excluding tert-OH is 1. The lowest BCUT2D eigenvalue weighted by Crippen LogP contribution is -2.31. The molecular formula is C10H12O2. The number of hydrogen-bond acceptors (Lipinski definition) is 2. The molecule has 1 atom stereocenters. The number of rotatable bonds is 0. The largest absolute Gasteiger partial charge is 0.464 e. The van der Waals surface area contributed by atoms with Crippen LogP contribution in [0.4, 0.5) is 0 Å². The molecule has 0 saturated carbocycles. The van der Waals surface area contributed by atoms with Crippen molar-refractivity contribution in [2.75, 3.05) is 0 Å². The third-order valence-electron chi connectivity index (χ3n) is 2.44. The number of fused-ring (bicyclic) bond motifs is 1. The molecular weight excluding hydrogens is 152 g/mol. The molecule has 1 N–H and O–H groups in total. The molecule has 2 rings (SSSR count). The van der Waals surface area contributed by atoms with Crippen molar-refractivity contribution in [1.82, 2.24) is 0 Å². The predicted octanol–water partition coefficient (Wildman–Crippen LogP) is 1.68. The Bertz CT molecular complexity index is 304. The molecule has 1 heterocycles. The lowest BCUT2D eigenvalue weighted by Gasteiger charge is -2.20. The molecule has 64 valence electrons. The summed E-state index contributed by atoms with van der Waals surface area (Å²) in [7, 11) is 0. The SMILES string of the molecule is CC1(C)c2ccccc2OC1O. The van der Waals surface area contributed by atoms with Crippen molar-refractivity contribution in [3.63, 3.8) is 0 Å². The Kier molecular flexibility index (Phi) is 1.42. The summed E-state index contributed by atoms with van der Waals surface area (Å²) >= 11 is 0. The maximum absolute atomic E-state index is 9.56. The summed E-state index contributed by atoms with van der Waals surface area (Å²) in [5.41, 5.74) is 0.800. The van der Waals surface area contributed by atoms with E-state index in [1.165, 1.54) is 0 Å². The van der Waals surface area contributed by atoms with Gasteiger partial charge in [0.15, 0.2) is 0 Å². The van der Waals surface area contributed by atoms with Crippen LogP contribution in [0.25, 0.3) is 0 Å². The molecule has 0 radical (unpaired) electrons. The Labute approximate surface area is 71.8 Å². The van der Waals surface area contributed by atoms with Gasteiger partial charge in [0.25, 0.3) is 0 Å². The van der Waals surface area contributed by atoms with Gasteiger partial charge < -0.3 is 9.84 Å². The van der Waals surface area contributed by atoms with Crippen LogP contribution in [0.1, 0.15) is 19.4 Å². The van der Waals surface area contributed by atoms with E-state index in [0.717, 1.165) is 11.3 Å². The highest BCUT2D eigenvalue weighted by molar-refractivity contribution is 5.42. The van der Waals surface area contributed by atoms with E-state index in [1.54, 1.807) is 0 Å². The summed E-state index contributed by atoms with van der Waals surface area (Å²) < 4.78 is 5.28. The average Bonchev–Trinajstić information content (AvgIpc) is 2.25. The summed E-state index contributed by atoms with van der Waals surface area (Å²) in [6.45, 7) is 3.95. The van der Waals surface area contributed by atoms with Crippen LogP contribution in [0, 0.1) is 0 Å². The summed E-state index contributed by atoms with van der Waals surface area (Å²) in [6.07, 6.45) is -0.713. The predicted molar refractivity (Wildman–Crippen MR) is 46.1 cm³/mol. The van der Waals surface area contributed by atoms with Gasteiger partial charge in [-0.05, 0) is 19.9 Å². The van der Waals surface area contributed by atoms with E-state index in [0.29, 0.717) is 0 Å². The van der Waals surface area contributed by atoms with Crippen molar-refractivity contribution in [2.24, 2.45) is 0 Å². The fourth-order valence-corrected chi connectivity index (χ4v) is 1.50. The molecule has 1 aromatic rings. The van der Waals surface area contributed by atoms with E-state index in [9.17, 15) is 5.11 Å². The fourth-order valence-electron chi connectivity index (χ4n) is 1.50. The van der Waals surface area contributed by atoms with Gasteiger partial charge in [-0.15, -0.1) is 0 Å².